The first-order valence-electron chi connectivity index (χ1n) is 9.71. The van der Waals surface area contributed by atoms with E-state index in [0.29, 0.717) is 0 Å². The molecule has 0 heterocycles. The Kier molecular flexibility index (Phi) is 11.6. The Labute approximate surface area is 207 Å². The van der Waals surface area contributed by atoms with Crippen LogP contribution in [0, 0.1) is 0 Å². The predicted molar refractivity (Wildman–Crippen MR) is 108 cm³/mol. The summed E-state index contributed by atoms with van der Waals surface area (Å²) >= 11 is 2.46. The summed E-state index contributed by atoms with van der Waals surface area (Å²) < 4.78 is -0.0148. The van der Waals surface area contributed by atoms with E-state index in [2.05, 4.69) is 115 Å². The first-order chi connectivity index (χ1) is 12.5. The van der Waals surface area contributed by atoms with Crippen molar-refractivity contribution in [3.63, 3.8) is 0 Å². The van der Waals surface area contributed by atoms with Gasteiger partial charge < -0.3 is 37.2 Å². The van der Waals surface area contributed by atoms with E-state index in [1.165, 1.54) is 40.7 Å². The van der Waals surface area contributed by atoms with Crippen molar-refractivity contribution in [2.24, 2.45) is 0 Å². The van der Waals surface area contributed by atoms with Crippen molar-refractivity contribution in [2.75, 3.05) is 0 Å². The number of hydrogen-bond donors (Lipinski definition) is 0. The average molecular weight is 484 g/mol. The third kappa shape index (κ3) is 4.89. The van der Waals surface area contributed by atoms with Crippen LogP contribution < -0.4 is 37.2 Å². The molecular formula is C25H29Cl3Ti. The van der Waals surface area contributed by atoms with Crippen LogP contribution >= 0.6 is 0 Å². The van der Waals surface area contributed by atoms with Crippen LogP contribution in [0.25, 0.3) is 0 Å². The van der Waals surface area contributed by atoms with Crippen LogP contribution in [0.5, 0.6) is 0 Å². The van der Waals surface area contributed by atoms with Crippen LogP contribution in [0.3, 0.4) is 0 Å². The standard InChI is InChI=1S/C25H29.3ClH.Ti/c1-5-6-17-25(22-13-9-7-10-14-22,23-15-11-8-12-16-23)24-18-19(2)20(3)21(24)4;;;;/h7-16,18H,5-6,17H2,1-4H3;3*1H;/q;;;;+3/p-3. The van der Waals surface area contributed by atoms with Gasteiger partial charge in [-0.25, -0.2) is 0 Å². The molecule has 1 atom stereocenters. The molecule has 0 aliphatic heterocycles. The molecule has 29 heavy (non-hydrogen) atoms. The minimum atomic E-state index is -0.0470. The fourth-order valence-electron chi connectivity index (χ4n) is 4.57. The van der Waals surface area contributed by atoms with E-state index in [4.69, 9.17) is 0 Å². The zero-order valence-electron chi connectivity index (χ0n) is 17.6. The van der Waals surface area contributed by atoms with Crippen LogP contribution in [0.1, 0.15) is 58.1 Å². The van der Waals surface area contributed by atoms with Gasteiger partial charge >= 0.3 is 171 Å². The topological polar surface area (TPSA) is 0 Å². The smallest absolute Gasteiger partial charge is 1.00 e. The summed E-state index contributed by atoms with van der Waals surface area (Å²) in [5.41, 5.74) is 7.21. The van der Waals surface area contributed by atoms with Gasteiger partial charge in [-0.05, 0) is 0 Å². The summed E-state index contributed by atoms with van der Waals surface area (Å²) in [6.07, 6.45) is 6.12. The van der Waals surface area contributed by atoms with Crippen molar-refractivity contribution >= 4 is 0 Å². The summed E-state index contributed by atoms with van der Waals surface area (Å²) in [5, 5.41) is 0. The molecule has 3 rings (SSSR count). The van der Waals surface area contributed by atoms with Crippen LogP contribution in [-0.4, -0.2) is 0 Å². The molecule has 2 aromatic carbocycles. The van der Waals surface area contributed by atoms with Crippen molar-refractivity contribution in [1.29, 1.82) is 0 Å². The summed E-state index contributed by atoms with van der Waals surface area (Å²) in [4.78, 5) is 0. The first-order valence-corrected chi connectivity index (χ1v) is 10.5. The molecule has 154 valence electrons. The van der Waals surface area contributed by atoms with Gasteiger partial charge in [-0.2, -0.15) is 0 Å². The number of halogens is 3. The van der Waals surface area contributed by atoms with Crippen molar-refractivity contribution in [3.05, 3.63) is 94.6 Å². The maximum Gasteiger partial charge on any atom is -1.00 e. The van der Waals surface area contributed by atoms with E-state index in [1.807, 2.05) is 0 Å². The van der Waals surface area contributed by atoms with Gasteiger partial charge in [0.2, 0.25) is 0 Å². The Morgan fingerprint density at radius 1 is 0.793 bits per heavy atom. The van der Waals surface area contributed by atoms with E-state index in [1.54, 1.807) is 0 Å². The van der Waals surface area contributed by atoms with E-state index in [0.717, 1.165) is 6.42 Å². The van der Waals surface area contributed by atoms with Gasteiger partial charge in [0, 0.05) is 0 Å². The monoisotopic (exact) mass is 482 g/mol. The van der Waals surface area contributed by atoms with Crippen molar-refractivity contribution in [1.82, 2.24) is 0 Å². The second-order valence-corrected chi connectivity index (χ2v) is 8.86. The van der Waals surface area contributed by atoms with Gasteiger partial charge in [0.1, 0.15) is 0 Å². The molecule has 0 spiro atoms. The fraction of sp³-hybridized carbons (Fsp3) is 0.360. The SMILES string of the molecule is CCCCC(c1ccccc1)(c1ccccc1)[C]1([Ti+3])C=C(C)C(C)=C1C.[Cl-].[Cl-].[Cl-]. The molecule has 2 aromatic rings. The number of hydrogen-bond acceptors (Lipinski definition) is 0. The third-order valence-electron chi connectivity index (χ3n) is 6.29. The Bertz CT molecular complexity index is 788. The van der Waals surface area contributed by atoms with Gasteiger partial charge in [-0.1, -0.05) is 0 Å². The summed E-state index contributed by atoms with van der Waals surface area (Å²) in [5.74, 6) is 0. The number of unbranched alkanes of at least 4 members (excludes halogenated alkanes) is 1. The molecule has 1 unspecified atom stereocenters. The predicted octanol–water partition coefficient (Wildman–Crippen LogP) is -1.82. The molecule has 0 aromatic heterocycles. The molecule has 4 heteroatoms. The second-order valence-electron chi connectivity index (χ2n) is 7.63. The molecule has 1 aliphatic carbocycles. The van der Waals surface area contributed by atoms with Crippen molar-refractivity contribution in [2.45, 2.75) is 56.1 Å². The molecule has 0 saturated carbocycles. The van der Waals surface area contributed by atoms with Crippen LogP contribution in [-0.2, 0) is 25.9 Å². The molecule has 0 amide bonds. The third-order valence-corrected chi connectivity index (χ3v) is 7.77. The zero-order chi connectivity index (χ0) is 18.8. The molecule has 1 aliphatic rings. The van der Waals surface area contributed by atoms with Gasteiger partial charge in [-0.15, -0.1) is 0 Å². The molecule has 0 fully saturated rings. The van der Waals surface area contributed by atoms with E-state index in [9.17, 15) is 0 Å². The Hall–Kier alpha value is -0.496. The molecule has 0 radical (unpaired) electrons. The fourth-order valence-corrected chi connectivity index (χ4v) is 5.85. The number of allylic oxidation sites excluding steroid dienone is 4. The number of benzene rings is 2. The van der Waals surface area contributed by atoms with Crippen molar-refractivity contribution in [3.8, 4) is 0 Å². The van der Waals surface area contributed by atoms with E-state index < -0.39 is 0 Å². The van der Waals surface area contributed by atoms with Gasteiger partial charge in [0.05, 0.1) is 0 Å². The van der Waals surface area contributed by atoms with Crippen molar-refractivity contribution < 1.29 is 57.7 Å². The van der Waals surface area contributed by atoms with Crippen LogP contribution in [0.15, 0.2) is 83.5 Å². The molecule has 0 saturated heterocycles. The molecule has 0 N–H and O–H groups in total. The zero-order valence-corrected chi connectivity index (χ0v) is 21.4. The Morgan fingerprint density at radius 3 is 1.59 bits per heavy atom. The minimum absolute atomic E-state index is 0. The second kappa shape index (κ2) is 11.8. The molecule has 0 bridgehead atoms. The minimum Gasteiger partial charge on any atom is -1.00 e. The maximum atomic E-state index is 2.54. The molecule has 0 nitrogen and oxygen atoms in total. The van der Waals surface area contributed by atoms with Gasteiger partial charge in [0.25, 0.3) is 0 Å². The average Bonchev–Trinajstić information content (AvgIpc) is 2.88. The molecular weight excluding hydrogens is 455 g/mol. The van der Waals surface area contributed by atoms with E-state index >= 15 is 0 Å². The van der Waals surface area contributed by atoms with Gasteiger partial charge in [-0.3, -0.25) is 0 Å². The Morgan fingerprint density at radius 2 is 1.24 bits per heavy atom. The quantitative estimate of drug-likeness (QED) is 0.425. The summed E-state index contributed by atoms with van der Waals surface area (Å²) in [7, 11) is 0. The van der Waals surface area contributed by atoms with E-state index in [-0.39, 0.29) is 46.4 Å². The maximum absolute atomic E-state index is 2.54. The summed E-state index contributed by atoms with van der Waals surface area (Å²) in [6, 6.07) is 22.4. The van der Waals surface area contributed by atoms with Crippen LogP contribution in [0.2, 0.25) is 3.72 Å². The number of rotatable bonds is 6. The largest absolute Gasteiger partial charge is 1.00 e. The van der Waals surface area contributed by atoms with Crippen LogP contribution in [0.4, 0.5) is 0 Å². The van der Waals surface area contributed by atoms with Gasteiger partial charge in [0.15, 0.2) is 0 Å². The Balaban J connectivity index is 0.00000261. The summed E-state index contributed by atoms with van der Waals surface area (Å²) in [6.45, 7) is 9.19. The first kappa shape index (κ1) is 28.5. The normalized spacial score (nSPS) is 18.3.